The summed E-state index contributed by atoms with van der Waals surface area (Å²) in [6, 6.07) is 10.9. The number of rotatable bonds is 10. The van der Waals surface area contributed by atoms with Gasteiger partial charge in [0.2, 0.25) is 0 Å². The second-order valence-electron chi connectivity index (χ2n) is 8.47. The molecule has 34 heavy (non-hydrogen) atoms. The van der Waals surface area contributed by atoms with Crippen LogP contribution in [0.2, 0.25) is 5.02 Å². The molecule has 0 aliphatic carbocycles. The fourth-order valence-electron chi connectivity index (χ4n) is 3.78. The molecule has 0 aliphatic heterocycles. The van der Waals surface area contributed by atoms with Gasteiger partial charge in [-0.2, -0.15) is 0 Å². The molecule has 0 fully saturated rings. The number of carboxylic acids is 1. The third-order valence-electron chi connectivity index (χ3n) is 5.50. The van der Waals surface area contributed by atoms with Crippen LogP contribution in [0.25, 0.3) is 11.1 Å². The van der Waals surface area contributed by atoms with Crippen LogP contribution >= 0.6 is 11.6 Å². The topological polar surface area (TPSA) is 102 Å². The summed E-state index contributed by atoms with van der Waals surface area (Å²) in [6.07, 6.45) is 1.87. The molecular formula is C25H26ClFN2O5. The Morgan fingerprint density at radius 2 is 1.97 bits per heavy atom. The van der Waals surface area contributed by atoms with Crippen molar-refractivity contribution in [3.05, 3.63) is 76.7 Å². The van der Waals surface area contributed by atoms with E-state index in [9.17, 15) is 19.1 Å². The van der Waals surface area contributed by atoms with Gasteiger partial charge in [-0.25, -0.2) is 9.37 Å². The Balaban J connectivity index is 1.84. The Morgan fingerprint density at radius 1 is 1.26 bits per heavy atom. The van der Waals surface area contributed by atoms with E-state index in [0.29, 0.717) is 28.3 Å². The summed E-state index contributed by atoms with van der Waals surface area (Å²) in [4.78, 5) is 28.6. The molecule has 2 aromatic carbocycles. The average Bonchev–Trinajstić information content (AvgIpc) is 3.22. The Kier molecular flexibility index (Phi) is 8.06. The van der Waals surface area contributed by atoms with E-state index in [1.807, 2.05) is 0 Å². The van der Waals surface area contributed by atoms with Gasteiger partial charge in [-0.3, -0.25) is 9.59 Å². The molecule has 1 heterocycles. The number of aliphatic carboxylic acids is 1. The standard InChI is InChI=1S/C25H26ClFN2O5/c1-15-13-28-23(34-15)22(30)29-19(12-25(2,14-33-3)24(31)32)10-16-4-6-17(7-5-16)20-11-18(26)8-9-21(20)27/h4-9,11,13,19H,10,12,14H2,1-3H3,(H,29,30)(H,31,32)/t19-,25+/m1/s1. The summed E-state index contributed by atoms with van der Waals surface area (Å²) < 4.78 is 24.6. The summed E-state index contributed by atoms with van der Waals surface area (Å²) in [5.74, 6) is -1.58. The number of oxazole rings is 1. The third kappa shape index (κ3) is 6.21. The first-order chi connectivity index (χ1) is 16.1. The maximum Gasteiger partial charge on any atom is 0.311 e. The Labute approximate surface area is 201 Å². The van der Waals surface area contributed by atoms with E-state index in [1.165, 1.54) is 25.4 Å². The molecule has 9 heteroatoms. The lowest BCUT2D eigenvalue weighted by Gasteiger charge is -2.29. The van der Waals surface area contributed by atoms with Crippen molar-refractivity contribution < 1.29 is 28.2 Å². The van der Waals surface area contributed by atoms with Gasteiger partial charge < -0.3 is 19.6 Å². The molecule has 2 N–H and O–H groups in total. The van der Waals surface area contributed by atoms with Crippen LogP contribution in [0.1, 0.15) is 35.4 Å². The Bertz CT molecular complexity index is 1160. The van der Waals surface area contributed by atoms with Gasteiger partial charge in [-0.15, -0.1) is 0 Å². The van der Waals surface area contributed by atoms with Crippen LogP contribution in [0.3, 0.4) is 0 Å². The zero-order chi connectivity index (χ0) is 24.9. The maximum absolute atomic E-state index is 14.2. The van der Waals surface area contributed by atoms with Crippen molar-refractivity contribution in [2.75, 3.05) is 13.7 Å². The van der Waals surface area contributed by atoms with Crippen LogP contribution < -0.4 is 5.32 Å². The number of aromatic nitrogens is 1. The highest BCUT2D eigenvalue weighted by molar-refractivity contribution is 6.30. The number of carbonyl (C=O) groups is 2. The molecule has 1 amide bonds. The number of ether oxygens (including phenoxy) is 1. The number of carboxylic acid groups (broad SMARTS) is 1. The lowest BCUT2D eigenvalue weighted by Crippen LogP contribution is -2.44. The molecule has 1 aromatic heterocycles. The predicted molar refractivity (Wildman–Crippen MR) is 125 cm³/mol. The van der Waals surface area contributed by atoms with Crippen molar-refractivity contribution in [3.8, 4) is 11.1 Å². The SMILES string of the molecule is COC[C@](C)(C[C@@H](Cc1ccc(-c2cc(Cl)ccc2F)cc1)NC(=O)c1ncc(C)o1)C(=O)O. The molecule has 0 saturated heterocycles. The average molecular weight is 489 g/mol. The smallest absolute Gasteiger partial charge is 0.311 e. The van der Waals surface area contributed by atoms with E-state index >= 15 is 0 Å². The van der Waals surface area contributed by atoms with Crippen molar-refractivity contribution in [2.24, 2.45) is 5.41 Å². The molecule has 0 radical (unpaired) electrons. The summed E-state index contributed by atoms with van der Waals surface area (Å²) in [7, 11) is 1.43. The van der Waals surface area contributed by atoms with E-state index < -0.39 is 23.3 Å². The maximum atomic E-state index is 14.2. The molecule has 3 rings (SSSR count). The number of benzene rings is 2. The van der Waals surface area contributed by atoms with Gasteiger partial charge in [-0.1, -0.05) is 35.9 Å². The van der Waals surface area contributed by atoms with E-state index in [4.69, 9.17) is 20.8 Å². The van der Waals surface area contributed by atoms with Gasteiger partial charge >= 0.3 is 11.9 Å². The molecule has 180 valence electrons. The minimum Gasteiger partial charge on any atom is -0.481 e. The van der Waals surface area contributed by atoms with Gasteiger partial charge in [0.1, 0.15) is 11.6 Å². The fraction of sp³-hybridized carbons (Fsp3) is 0.320. The van der Waals surface area contributed by atoms with Crippen molar-refractivity contribution in [3.63, 3.8) is 0 Å². The van der Waals surface area contributed by atoms with Gasteiger partial charge in [0, 0.05) is 23.7 Å². The van der Waals surface area contributed by atoms with Gasteiger partial charge in [0.05, 0.1) is 18.2 Å². The van der Waals surface area contributed by atoms with Crippen LogP contribution in [0.5, 0.6) is 0 Å². The van der Waals surface area contributed by atoms with Gasteiger partial charge in [-0.05, 0) is 56.0 Å². The van der Waals surface area contributed by atoms with Gasteiger partial charge in [0.15, 0.2) is 0 Å². The highest BCUT2D eigenvalue weighted by atomic mass is 35.5. The number of carbonyl (C=O) groups excluding carboxylic acids is 1. The summed E-state index contributed by atoms with van der Waals surface area (Å²) in [5.41, 5.74) is 0.615. The van der Waals surface area contributed by atoms with Crippen LogP contribution in [0.4, 0.5) is 4.39 Å². The first-order valence-corrected chi connectivity index (χ1v) is 11.0. The number of methoxy groups -OCH3 is 1. The second-order valence-corrected chi connectivity index (χ2v) is 8.91. The number of hydrogen-bond acceptors (Lipinski definition) is 5. The molecule has 0 spiro atoms. The molecular weight excluding hydrogens is 463 g/mol. The van der Waals surface area contributed by atoms with Gasteiger partial charge in [0.25, 0.3) is 5.89 Å². The van der Waals surface area contributed by atoms with Crippen molar-refractivity contribution in [1.29, 1.82) is 0 Å². The van der Waals surface area contributed by atoms with E-state index in [1.54, 1.807) is 44.2 Å². The molecule has 2 atom stereocenters. The van der Waals surface area contributed by atoms with Crippen LogP contribution in [0, 0.1) is 18.2 Å². The van der Waals surface area contributed by atoms with Crippen LogP contribution in [-0.2, 0) is 16.0 Å². The quantitative estimate of drug-likeness (QED) is 0.420. The minimum absolute atomic E-state index is 0.0280. The van der Waals surface area contributed by atoms with Crippen molar-refractivity contribution >= 4 is 23.5 Å². The second kappa shape index (κ2) is 10.8. The number of amides is 1. The number of nitrogens with zero attached hydrogens (tertiary/aromatic N) is 1. The van der Waals surface area contributed by atoms with Crippen molar-refractivity contribution in [2.45, 2.75) is 32.7 Å². The van der Waals surface area contributed by atoms with E-state index in [0.717, 1.165) is 5.56 Å². The zero-order valence-corrected chi connectivity index (χ0v) is 19.9. The number of hydrogen-bond donors (Lipinski definition) is 2. The lowest BCUT2D eigenvalue weighted by atomic mass is 9.82. The molecule has 0 aliphatic rings. The lowest BCUT2D eigenvalue weighted by molar-refractivity contribution is -0.152. The highest BCUT2D eigenvalue weighted by Gasteiger charge is 2.37. The summed E-state index contributed by atoms with van der Waals surface area (Å²) >= 11 is 6.00. The molecule has 0 unspecified atom stereocenters. The summed E-state index contributed by atoms with van der Waals surface area (Å²) in [6.45, 7) is 3.21. The highest BCUT2D eigenvalue weighted by Crippen LogP contribution is 2.28. The van der Waals surface area contributed by atoms with Crippen molar-refractivity contribution in [1.82, 2.24) is 10.3 Å². The molecule has 3 aromatic rings. The first-order valence-electron chi connectivity index (χ1n) is 10.6. The minimum atomic E-state index is -1.23. The van der Waals surface area contributed by atoms with Crippen LogP contribution in [0.15, 0.2) is 53.1 Å². The number of halogens is 2. The predicted octanol–water partition coefficient (Wildman–Crippen LogP) is 4.91. The monoisotopic (exact) mass is 488 g/mol. The number of aryl methyl sites for hydroxylation is 1. The Morgan fingerprint density at radius 3 is 2.56 bits per heavy atom. The Hall–Kier alpha value is -3.23. The number of nitrogens with one attached hydrogen (secondary N) is 1. The normalized spacial score (nSPS) is 13.8. The molecule has 0 saturated carbocycles. The largest absolute Gasteiger partial charge is 0.481 e. The third-order valence-corrected chi connectivity index (χ3v) is 5.74. The molecule has 0 bridgehead atoms. The molecule has 7 nitrogen and oxygen atoms in total. The fourth-order valence-corrected chi connectivity index (χ4v) is 3.95. The van der Waals surface area contributed by atoms with E-state index in [-0.39, 0.29) is 24.7 Å². The summed E-state index contributed by atoms with van der Waals surface area (Å²) in [5, 5.41) is 13.0. The van der Waals surface area contributed by atoms with E-state index in [2.05, 4.69) is 10.3 Å². The van der Waals surface area contributed by atoms with Crippen LogP contribution in [-0.4, -0.2) is 41.7 Å². The first kappa shape index (κ1) is 25.4. The zero-order valence-electron chi connectivity index (χ0n) is 19.1.